The summed E-state index contributed by atoms with van der Waals surface area (Å²) in [5.74, 6) is 33.9. The van der Waals surface area contributed by atoms with Gasteiger partial charge in [-0.05, 0) is 88.6 Å². The van der Waals surface area contributed by atoms with Crippen molar-refractivity contribution in [3.05, 3.63) is 12.2 Å². The Labute approximate surface area is 453 Å². The Hall–Kier alpha value is 4.02. The van der Waals surface area contributed by atoms with E-state index in [1.807, 2.05) is 23.5 Å². The molecule has 4 saturated heterocycles. The van der Waals surface area contributed by atoms with Crippen LogP contribution in [0.25, 0.3) is 0 Å². The van der Waals surface area contributed by atoms with Gasteiger partial charge in [0.2, 0.25) is 0 Å². The van der Waals surface area contributed by atoms with E-state index in [1.165, 1.54) is 169 Å². The fourth-order valence-electron chi connectivity index (χ4n) is 4.85. The van der Waals surface area contributed by atoms with Crippen LogP contribution in [0.3, 0.4) is 0 Å². The smallest absolute Gasteiger partial charge is 0.197 e. The number of hydrogen-bond donors (Lipinski definition) is 0. The second kappa shape index (κ2) is 49.6. The van der Waals surface area contributed by atoms with Gasteiger partial charge in [-0.25, -0.2) is 0 Å². The minimum atomic E-state index is -0.152. The molecule has 0 bridgehead atoms. The fraction of sp³-hybridized carbons (Fsp3) is 0.860. The highest BCUT2D eigenvalue weighted by Gasteiger charge is 2.18. The molecule has 4 fully saturated rings. The first kappa shape index (κ1) is 65.0. The van der Waals surface area contributed by atoms with Crippen LogP contribution in [0.15, 0.2) is 12.2 Å². The number of carbonyl (C=O) groups is 4. The monoisotopic (exact) mass is 1170 g/mol. The third kappa shape index (κ3) is 49.4. The zero-order valence-electron chi connectivity index (χ0n) is 37.9. The molecule has 368 valence electrons. The Balaban J connectivity index is 0.000000422. The lowest BCUT2D eigenvalue weighted by Crippen LogP contribution is -2.19. The van der Waals surface area contributed by atoms with Crippen LogP contribution in [0.1, 0.15) is 52.4 Å². The first-order valence-electron chi connectivity index (χ1n) is 21.9. The summed E-state index contributed by atoms with van der Waals surface area (Å²) < 4.78 is 0. The molecule has 4 heterocycles. The zero-order chi connectivity index (χ0) is 45.7. The Morgan fingerprint density at radius 2 is 0.540 bits per heavy atom. The highest BCUT2D eigenvalue weighted by Crippen LogP contribution is 2.28. The van der Waals surface area contributed by atoms with Crippen LogP contribution in [-0.2, 0) is 19.2 Å². The van der Waals surface area contributed by atoms with Gasteiger partial charge >= 0.3 is 0 Å². The van der Waals surface area contributed by atoms with E-state index in [0.717, 1.165) is 47.0 Å². The van der Waals surface area contributed by atoms with Gasteiger partial charge in [0.25, 0.3) is 0 Å². The van der Waals surface area contributed by atoms with Gasteiger partial charge in [0.1, 0.15) is 0 Å². The molecule has 4 nitrogen and oxygen atoms in total. The van der Waals surface area contributed by atoms with Crippen molar-refractivity contribution in [2.45, 2.75) is 52.4 Å². The Morgan fingerprint density at radius 1 is 0.317 bits per heavy atom. The first-order chi connectivity index (χ1) is 30.7. The molecule has 0 spiro atoms. The molecular formula is C43H76O4S16. The SMILES string of the molecule is C1CSCCSCCCSCCSC1.C=C1CSCCSCCCSCCSC1.CC1(C)CSCCSCCCSCCSC1.O=C1CC(=O)SCCSC(=O)CC(=O)SCCS1. The molecule has 4 aliphatic heterocycles. The van der Waals surface area contributed by atoms with Crippen molar-refractivity contribution in [1.82, 2.24) is 0 Å². The van der Waals surface area contributed by atoms with Crippen molar-refractivity contribution in [3.63, 3.8) is 0 Å². The molecule has 4 aliphatic rings. The van der Waals surface area contributed by atoms with Crippen molar-refractivity contribution in [1.29, 1.82) is 0 Å². The molecule has 63 heavy (non-hydrogen) atoms. The summed E-state index contributed by atoms with van der Waals surface area (Å²) in [7, 11) is 0. The van der Waals surface area contributed by atoms with Crippen LogP contribution in [0, 0.1) is 5.41 Å². The van der Waals surface area contributed by atoms with Crippen molar-refractivity contribution in [2.24, 2.45) is 5.41 Å². The largest absolute Gasteiger partial charge is 0.287 e. The molecule has 0 aromatic heterocycles. The van der Waals surface area contributed by atoms with Crippen molar-refractivity contribution in [3.8, 4) is 0 Å². The number of carbonyl (C=O) groups excluding carboxylic acids is 4. The van der Waals surface area contributed by atoms with Crippen LogP contribution < -0.4 is 0 Å². The minimum Gasteiger partial charge on any atom is -0.287 e. The normalized spacial score (nSPS) is 23.7. The molecule has 0 atom stereocenters. The summed E-state index contributed by atoms with van der Waals surface area (Å²) in [5, 5.41) is -0.606. The molecule has 0 radical (unpaired) electrons. The van der Waals surface area contributed by atoms with Gasteiger partial charge < -0.3 is 0 Å². The van der Waals surface area contributed by atoms with Gasteiger partial charge in [0.15, 0.2) is 20.5 Å². The zero-order valence-corrected chi connectivity index (χ0v) is 51.0. The summed E-state index contributed by atoms with van der Waals surface area (Å²) >= 11 is 29.8. The molecular weight excluding hydrogens is 1090 g/mol. The topological polar surface area (TPSA) is 68.3 Å². The van der Waals surface area contributed by atoms with Crippen LogP contribution in [0.5, 0.6) is 0 Å². The second-order valence-corrected chi connectivity index (χ2v) is 33.5. The summed E-state index contributed by atoms with van der Waals surface area (Å²) in [6.45, 7) is 8.96. The van der Waals surface area contributed by atoms with Crippen LogP contribution >= 0.6 is 188 Å². The predicted octanol–water partition coefficient (Wildman–Crippen LogP) is 13.8. The van der Waals surface area contributed by atoms with E-state index in [-0.39, 0.29) is 33.3 Å². The Morgan fingerprint density at radius 3 is 0.794 bits per heavy atom. The molecule has 0 aromatic rings. The van der Waals surface area contributed by atoms with E-state index in [2.05, 4.69) is 138 Å². The average Bonchev–Trinajstić information content (AvgIpc) is 3.25. The summed E-state index contributed by atoms with van der Waals surface area (Å²) in [4.78, 5) is 45.5. The van der Waals surface area contributed by atoms with Crippen LogP contribution in [0.2, 0.25) is 0 Å². The highest BCUT2D eigenvalue weighted by atomic mass is 32.2. The van der Waals surface area contributed by atoms with E-state index < -0.39 is 0 Å². The van der Waals surface area contributed by atoms with Gasteiger partial charge in [-0.3, -0.25) is 19.2 Å². The van der Waals surface area contributed by atoms with E-state index >= 15 is 0 Å². The maximum absolute atomic E-state index is 11.4. The van der Waals surface area contributed by atoms with Crippen molar-refractivity contribution < 1.29 is 19.2 Å². The minimum absolute atomic E-state index is 0.0768. The third-order valence-electron chi connectivity index (χ3n) is 7.94. The van der Waals surface area contributed by atoms with Crippen LogP contribution in [0.4, 0.5) is 0 Å². The molecule has 0 N–H and O–H groups in total. The quantitative estimate of drug-likeness (QED) is 0.171. The Bertz CT molecular complexity index is 1000. The molecule has 20 heteroatoms. The number of rotatable bonds is 0. The highest BCUT2D eigenvalue weighted by molar-refractivity contribution is 8.19. The predicted molar refractivity (Wildman–Crippen MR) is 328 cm³/mol. The summed E-state index contributed by atoms with van der Waals surface area (Å²) in [6.07, 6.45) is 5.45. The van der Waals surface area contributed by atoms with Gasteiger partial charge in [-0.15, -0.1) is 0 Å². The maximum atomic E-state index is 11.4. The lowest BCUT2D eigenvalue weighted by molar-refractivity contribution is -0.119. The molecule has 0 aliphatic carbocycles. The van der Waals surface area contributed by atoms with E-state index in [4.69, 9.17) is 0 Å². The standard InChI is InChI=1S/C12H24S4.C11H20S4.C10H12O4S4.C10H20S4/c1-12(2)10-15-8-6-13-4-3-5-14-7-9-16-11-12;1-11-9-14-7-5-12-3-2-4-13-6-8-15-10-11;11-7-5-9(13)17-3-4-18-10(14)6-8(12)16-2-1-15-7;1-3-11-7-9-13-5-2-6-14-10-8-12-4-1/h3-11H2,1-2H3;1-10H2;1-6H2;1-10H2. The lowest BCUT2D eigenvalue weighted by atomic mass is 10.0. The molecule has 0 aromatic carbocycles. The molecule has 4 rings (SSSR count). The van der Waals surface area contributed by atoms with Gasteiger partial charge in [0, 0.05) is 104 Å². The van der Waals surface area contributed by atoms with E-state index in [1.54, 1.807) is 0 Å². The number of hydrogen-bond acceptors (Lipinski definition) is 20. The lowest BCUT2D eigenvalue weighted by Gasteiger charge is -2.23. The average molecular weight is 1170 g/mol. The van der Waals surface area contributed by atoms with Crippen LogP contribution in [-0.4, -0.2) is 182 Å². The van der Waals surface area contributed by atoms with Crippen molar-refractivity contribution in [2.75, 3.05) is 161 Å². The first-order valence-corrected chi connectivity index (χ1v) is 39.7. The summed E-state index contributed by atoms with van der Waals surface area (Å²) in [6, 6.07) is 0. The van der Waals surface area contributed by atoms with E-state index in [0.29, 0.717) is 28.4 Å². The van der Waals surface area contributed by atoms with Gasteiger partial charge in [-0.2, -0.15) is 141 Å². The van der Waals surface area contributed by atoms with Crippen molar-refractivity contribution >= 4 is 209 Å². The molecule has 0 unspecified atom stereocenters. The van der Waals surface area contributed by atoms with Gasteiger partial charge in [-0.1, -0.05) is 73.0 Å². The molecule has 0 saturated carbocycles. The summed E-state index contributed by atoms with van der Waals surface area (Å²) in [5.41, 5.74) is 1.94. The molecule has 0 amide bonds. The van der Waals surface area contributed by atoms with E-state index in [9.17, 15) is 19.2 Å². The third-order valence-corrected chi connectivity index (χ3v) is 27.2. The number of thioether (sulfide) groups is 16. The fourth-order valence-corrected chi connectivity index (χ4v) is 21.9. The maximum Gasteiger partial charge on any atom is 0.197 e. The second-order valence-electron chi connectivity index (χ2n) is 14.7. The van der Waals surface area contributed by atoms with Gasteiger partial charge in [0.05, 0.1) is 12.8 Å². The Kier molecular flexibility index (Phi) is 51.2.